The zero-order chi connectivity index (χ0) is 11.2. The van der Waals surface area contributed by atoms with Gasteiger partial charge in [-0.05, 0) is 37.5 Å². The largest absolute Gasteiger partial charge is 0.390 e. The molecule has 1 aliphatic carbocycles. The molecule has 1 atom stereocenters. The second kappa shape index (κ2) is 6.58. The smallest absolute Gasteiger partial charge is 0.0801 e. The van der Waals surface area contributed by atoms with E-state index in [-0.39, 0.29) is 6.10 Å². The minimum atomic E-state index is -0.234. The average molecular weight is 228 g/mol. The lowest BCUT2D eigenvalue weighted by atomic mass is 10.0. The molecule has 0 aromatic heterocycles. The predicted octanol–water partition coefficient (Wildman–Crippen LogP) is 1.98. The Morgan fingerprint density at radius 3 is 2.50 bits per heavy atom. The third kappa shape index (κ3) is 3.72. The molecule has 0 spiro atoms. The summed E-state index contributed by atoms with van der Waals surface area (Å²) in [4.78, 5) is 0. The average Bonchev–Trinajstić information content (AvgIpc) is 2.84. The highest BCUT2D eigenvalue weighted by Crippen LogP contribution is 2.27. The van der Waals surface area contributed by atoms with Gasteiger partial charge in [-0.15, -0.1) is 0 Å². The van der Waals surface area contributed by atoms with Gasteiger partial charge in [0, 0.05) is 19.8 Å². The fourth-order valence-electron chi connectivity index (χ4n) is 2.75. The van der Waals surface area contributed by atoms with Crippen LogP contribution in [0.4, 0.5) is 0 Å². The highest BCUT2D eigenvalue weighted by Gasteiger charge is 2.23. The van der Waals surface area contributed by atoms with E-state index in [1.165, 1.54) is 25.7 Å². The Morgan fingerprint density at radius 2 is 1.81 bits per heavy atom. The molecule has 3 heteroatoms. The van der Waals surface area contributed by atoms with Crippen LogP contribution < -0.4 is 0 Å². The molecule has 1 aliphatic heterocycles. The molecular formula is C13H24O3. The fourth-order valence-corrected chi connectivity index (χ4v) is 2.75. The maximum Gasteiger partial charge on any atom is 0.0801 e. The molecule has 1 unspecified atom stereocenters. The first-order valence-corrected chi connectivity index (χ1v) is 6.70. The summed E-state index contributed by atoms with van der Waals surface area (Å²) >= 11 is 0. The zero-order valence-corrected chi connectivity index (χ0v) is 10.1. The van der Waals surface area contributed by atoms with Gasteiger partial charge in [-0.25, -0.2) is 0 Å². The van der Waals surface area contributed by atoms with Crippen LogP contribution in [0.2, 0.25) is 0 Å². The van der Waals surface area contributed by atoms with Crippen LogP contribution in [0.1, 0.15) is 38.5 Å². The topological polar surface area (TPSA) is 38.7 Å². The van der Waals surface area contributed by atoms with E-state index in [0.717, 1.165) is 32.7 Å². The molecule has 1 saturated heterocycles. The molecule has 1 saturated carbocycles. The highest BCUT2D eigenvalue weighted by atomic mass is 16.5. The number of aliphatic hydroxyl groups excluding tert-OH is 1. The summed E-state index contributed by atoms with van der Waals surface area (Å²) in [6, 6.07) is 0. The molecular weight excluding hydrogens is 204 g/mol. The molecule has 0 amide bonds. The first-order valence-electron chi connectivity index (χ1n) is 6.70. The summed E-state index contributed by atoms with van der Waals surface area (Å²) in [5.74, 6) is 1.14. The van der Waals surface area contributed by atoms with Gasteiger partial charge in [0.15, 0.2) is 0 Å². The van der Waals surface area contributed by atoms with E-state index in [1.807, 2.05) is 0 Å². The van der Waals surface area contributed by atoms with Crippen LogP contribution in [0.3, 0.4) is 0 Å². The van der Waals surface area contributed by atoms with Crippen molar-refractivity contribution in [2.24, 2.45) is 11.8 Å². The number of hydrogen-bond donors (Lipinski definition) is 1. The maximum atomic E-state index is 9.93. The fraction of sp³-hybridized carbons (Fsp3) is 1.00. The van der Waals surface area contributed by atoms with Crippen molar-refractivity contribution in [1.29, 1.82) is 0 Å². The van der Waals surface area contributed by atoms with E-state index in [9.17, 15) is 5.11 Å². The Balaban J connectivity index is 1.56. The van der Waals surface area contributed by atoms with Crippen molar-refractivity contribution >= 4 is 0 Å². The van der Waals surface area contributed by atoms with E-state index >= 15 is 0 Å². The van der Waals surface area contributed by atoms with Gasteiger partial charge in [0.1, 0.15) is 0 Å². The molecule has 0 aromatic carbocycles. The molecule has 2 rings (SSSR count). The monoisotopic (exact) mass is 228 g/mol. The summed E-state index contributed by atoms with van der Waals surface area (Å²) in [7, 11) is 0. The van der Waals surface area contributed by atoms with Gasteiger partial charge in [-0.3, -0.25) is 0 Å². The van der Waals surface area contributed by atoms with Gasteiger partial charge >= 0.3 is 0 Å². The van der Waals surface area contributed by atoms with Gasteiger partial charge in [0.05, 0.1) is 12.7 Å². The molecule has 0 bridgehead atoms. The summed E-state index contributed by atoms with van der Waals surface area (Å²) in [6.45, 7) is 3.08. The predicted molar refractivity (Wildman–Crippen MR) is 62.3 cm³/mol. The van der Waals surface area contributed by atoms with Gasteiger partial charge in [-0.1, -0.05) is 12.8 Å². The van der Waals surface area contributed by atoms with Gasteiger partial charge < -0.3 is 14.6 Å². The van der Waals surface area contributed by atoms with Crippen LogP contribution in [-0.4, -0.2) is 37.6 Å². The SMILES string of the molecule is OC(COCC1CCOCC1)C1CCCC1. The molecule has 16 heavy (non-hydrogen) atoms. The van der Waals surface area contributed by atoms with Crippen LogP contribution in [0.25, 0.3) is 0 Å². The minimum absolute atomic E-state index is 0.234. The molecule has 0 aromatic rings. The van der Waals surface area contributed by atoms with Crippen molar-refractivity contribution in [2.45, 2.75) is 44.6 Å². The van der Waals surface area contributed by atoms with Crippen molar-refractivity contribution in [3.05, 3.63) is 0 Å². The van der Waals surface area contributed by atoms with E-state index < -0.39 is 0 Å². The van der Waals surface area contributed by atoms with E-state index in [0.29, 0.717) is 18.4 Å². The highest BCUT2D eigenvalue weighted by molar-refractivity contribution is 4.74. The maximum absolute atomic E-state index is 9.93. The Bertz CT molecular complexity index is 184. The lowest BCUT2D eigenvalue weighted by molar-refractivity contribution is -0.0247. The Morgan fingerprint density at radius 1 is 1.12 bits per heavy atom. The van der Waals surface area contributed by atoms with Crippen LogP contribution >= 0.6 is 0 Å². The molecule has 0 radical (unpaired) electrons. The van der Waals surface area contributed by atoms with Gasteiger partial charge in [-0.2, -0.15) is 0 Å². The first kappa shape index (κ1) is 12.3. The molecule has 3 nitrogen and oxygen atoms in total. The van der Waals surface area contributed by atoms with Crippen molar-refractivity contribution in [3.8, 4) is 0 Å². The molecule has 1 N–H and O–H groups in total. The van der Waals surface area contributed by atoms with Crippen molar-refractivity contribution in [1.82, 2.24) is 0 Å². The van der Waals surface area contributed by atoms with Crippen molar-refractivity contribution < 1.29 is 14.6 Å². The number of hydrogen-bond acceptors (Lipinski definition) is 3. The summed E-state index contributed by atoms with van der Waals surface area (Å²) in [5, 5.41) is 9.93. The standard InChI is InChI=1S/C13H24O3/c14-13(12-3-1-2-4-12)10-16-9-11-5-7-15-8-6-11/h11-14H,1-10H2. The Hall–Kier alpha value is -0.120. The number of aliphatic hydroxyl groups is 1. The van der Waals surface area contributed by atoms with Crippen LogP contribution in [0.5, 0.6) is 0 Å². The Labute approximate surface area is 98.1 Å². The zero-order valence-electron chi connectivity index (χ0n) is 10.1. The van der Waals surface area contributed by atoms with E-state index in [2.05, 4.69) is 0 Å². The van der Waals surface area contributed by atoms with Crippen LogP contribution in [0.15, 0.2) is 0 Å². The van der Waals surface area contributed by atoms with Crippen LogP contribution in [0, 0.1) is 11.8 Å². The number of rotatable bonds is 5. The normalized spacial score (nSPS) is 26.1. The minimum Gasteiger partial charge on any atom is -0.390 e. The Kier molecular flexibility index (Phi) is 5.07. The second-order valence-electron chi connectivity index (χ2n) is 5.21. The lowest BCUT2D eigenvalue weighted by Gasteiger charge is -2.23. The van der Waals surface area contributed by atoms with Crippen LogP contribution in [-0.2, 0) is 9.47 Å². The van der Waals surface area contributed by atoms with Gasteiger partial charge in [0.25, 0.3) is 0 Å². The quantitative estimate of drug-likeness (QED) is 0.782. The third-order valence-electron chi connectivity index (χ3n) is 3.93. The van der Waals surface area contributed by atoms with E-state index in [1.54, 1.807) is 0 Å². The first-order chi connectivity index (χ1) is 7.86. The molecule has 2 fully saturated rings. The summed E-state index contributed by atoms with van der Waals surface area (Å²) < 4.78 is 10.9. The third-order valence-corrected chi connectivity index (χ3v) is 3.93. The van der Waals surface area contributed by atoms with Crippen molar-refractivity contribution in [2.75, 3.05) is 26.4 Å². The second-order valence-corrected chi connectivity index (χ2v) is 5.21. The molecule has 2 aliphatic rings. The molecule has 1 heterocycles. The van der Waals surface area contributed by atoms with Crippen molar-refractivity contribution in [3.63, 3.8) is 0 Å². The summed E-state index contributed by atoms with van der Waals surface area (Å²) in [6.07, 6.45) is 6.91. The van der Waals surface area contributed by atoms with E-state index in [4.69, 9.17) is 9.47 Å². The van der Waals surface area contributed by atoms with Gasteiger partial charge in [0.2, 0.25) is 0 Å². The summed E-state index contributed by atoms with van der Waals surface area (Å²) in [5.41, 5.74) is 0. The number of ether oxygens (including phenoxy) is 2. The lowest BCUT2D eigenvalue weighted by Crippen LogP contribution is -2.27. The molecule has 94 valence electrons.